The molecule has 0 radical (unpaired) electrons. The molecule has 1 N–H and O–H groups in total. The van der Waals surface area contributed by atoms with E-state index in [0.29, 0.717) is 12.1 Å². The van der Waals surface area contributed by atoms with E-state index >= 15 is 0 Å². The minimum atomic E-state index is -2.78. The van der Waals surface area contributed by atoms with E-state index in [1.807, 2.05) is 24.3 Å². The van der Waals surface area contributed by atoms with E-state index in [2.05, 4.69) is 43.1 Å². The highest BCUT2D eigenvalue weighted by molar-refractivity contribution is 14.1. The third-order valence-electron chi connectivity index (χ3n) is 3.00. The summed E-state index contributed by atoms with van der Waals surface area (Å²) in [7, 11) is 0. The maximum Gasteiger partial charge on any atom is 0.314 e. The topological polar surface area (TPSA) is 63.8 Å². The summed E-state index contributed by atoms with van der Waals surface area (Å²) in [5.41, 5.74) is 2.31. The van der Waals surface area contributed by atoms with Crippen molar-refractivity contribution in [3.05, 3.63) is 57.7 Å². The molecule has 5 nitrogen and oxygen atoms in total. The molecule has 0 saturated heterocycles. The summed E-state index contributed by atoms with van der Waals surface area (Å²) < 4.78 is 30.9. The number of hydrogen-bond donors (Lipinski definition) is 1. The van der Waals surface area contributed by atoms with Crippen LogP contribution in [0.4, 0.5) is 14.5 Å². The fourth-order valence-electron chi connectivity index (χ4n) is 1.89. The molecule has 2 aromatic heterocycles. The van der Waals surface area contributed by atoms with Crippen molar-refractivity contribution in [1.82, 2.24) is 15.2 Å². The second-order valence-electron chi connectivity index (χ2n) is 4.65. The van der Waals surface area contributed by atoms with E-state index in [1.165, 1.54) is 6.20 Å². The van der Waals surface area contributed by atoms with Crippen LogP contribution < -0.4 is 5.32 Å². The molecule has 0 aliphatic carbocycles. The fraction of sp³-hybridized carbons (Fsp3) is 0.133. The Kier molecular flexibility index (Phi) is 4.79. The van der Waals surface area contributed by atoms with Gasteiger partial charge in [0.15, 0.2) is 0 Å². The Morgan fingerprint density at radius 3 is 2.70 bits per heavy atom. The average Bonchev–Trinajstić information content (AvgIpc) is 3.04. The zero-order chi connectivity index (χ0) is 16.2. The van der Waals surface area contributed by atoms with Gasteiger partial charge in [0.25, 0.3) is 5.89 Å². The number of halogens is 3. The van der Waals surface area contributed by atoms with Crippen LogP contribution in [0.5, 0.6) is 0 Å². The first-order valence-electron chi connectivity index (χ1n) is 6.68. The third kappa shape index (κ3) is 4.01. The SMILES string of the molecule is FC(F)c1nnc(-c2ccc(CNc3cccc(I)c3)nc2)o1. The first-order valence-corrected chi connectivity index (χ1v) is 7.76. The van der Waals surface area contributed by atoms with Gasteiger partial charge in [-0.2, -0.15) is 8.78 Å². The number of pyridine rings is 1. The van der Waals surface area contributed by atoms with Crippen LogP contribution in [0.1, 0.15) is 18.0 Å². The number of hydrogen-bond acceptors (Lipinski definition) is 5. The van der Waals surface area contributed by atoms with Crippen molar-refractivity contribution in [2.24, 2.45) is 0 Å². The van der Waals surface area contributed by atoms with Gasteiger partial charge in [-0.1, -0.05) is 6.07 Å². The van der Waals surface area contributed by atoms with Crippen molar-refractivity contribution < 1.29 is 13.2 Å². The van der Waals surface area contributed by atoms with Gasteiger partial charge in [-0.25, -0.2) is 0 Å². The first kappa shape index (κ1) is 15.8. The van der Waals surface area contributed by atoms with Crippen molar-refractivity contribution in [3.8, 4) is 11.5 Å². The standard InChI is InChI=1S/C15H11F2IN4O/c16-13(17)15-22-21-14(23-15)9-4-5-12(19-7-9)8-20-11-3-1-2-10(18)6-11/h1-7,13,20H,8H2. The number of alkyl halides is 2. The van der Waals surface area contributed by atoms with Gasteiger partial charge in [0, 0.05) is 15.5 Å². The zero-order valence-corrected chi connectivity index (χ0v) is 13.9. The molecule has 3 rings (SSSR count). The summed E-state index contributed by atoms with van der Waals surface area (Å²) in [4.78, 5) is 4.27. The highest BCUT2D eigenvalue weighted by Gasteiger charge is 2.17. The number of anilines is 1. The van der Waals surface area contributed by atoms with Crippen LogP contribution in [-0.4, -0.2) is 15.2 Å². The predicted octanol–water partition coefficient (Wildman–Crippen LogP) is 4.29. The molecule has 0 atom stereocenters. The molecule has 0 fully saturated rings. The van der Waals surface area contributed by atoms with Crippen LogP contribution in [0.15, 0.2) is 47.0 Å². The largest absolute Gasteiger partial charge is 0.415 e. The molecule has 0 aliphatic rings. The quantitative estimate of drug-likeness (QED) is 0.615. The molecule has 0 unspecified atom stereocenters. The predicted molar refractivity (Wildman–Crippen MR) is 89.0 cm³/mol. The normalized spacial score (nSPS) is 11.0. The van der Waals surface area contributed by atoms with Gasteiger partial charge in [0.05, 0.1) is 17.8 Å². The summed E-state index contributed by atoms with van der Waals surface area (Å²) in [6.07, 6.45) is -1.25. The van der Waals surface area contributed by atoms with E-state index in [4.69, 9.17) is 4.42 Å². The van der Waals surface area contributed by atoms with Crippen molar-refractivity contribution in [3.63, 3.8) is 0 Å². The number of nitrogens with zero attached hydrogens (tertiary/aromatic N) is 3. The van der Waals surface area contributed by atoms with Gasteiger partial charge < -0.3 is 9.73 Å². The van der Waals surface area contributed by atoms with Crippen LogP contribution in [0, 0.1) is 3.57 Å². The van der Waals surface area contributed by atoms with Gasteiger partial charge in [0.1, 0.15) is 0 Å². The van der Waals surface area contributed by atoms with Gasteiger partial charge >= 0.3 is 6.43 Å². The van der Waals surface area contributed by atoms with Crippen molar-refractivity contribution in [2.45, 2.75) is 13.0 Å². The summed E-state index contributed by atoms with van der Waals surface area (Å²) in [6, 6.07) is 11.5. The minimum absolute atomic E-state index is 0.0323. The van der Waals surface area contributed by atoms with Crippen LogP contribution >= 0.6 is 22.6 Å². The number of benzene rings is 1. The molecule has 0 amide bonds. The van der Waals surface area contributed by atoms with E-state index in [9.17, 15) is 8.78 Å². The number of rotatable bonds is 5. The van der Waals surface area contributed by atoms with E-state index in [0.717, 1.165) is 15.0 Å². The lowest BCUT2D eigenvalue weighted by Gasteiger charge is -2.06. The lowest BCUT2D eigenvalue weighted by molar-refractivity contribution is 0.116. The molecular formula is C15H11F2IN4O. The second-order valence-corrected chi connectivity index (χ2v) is 5.89. The molecule has 2 heterocycles. The number of aromatic nitrogens is 3. The van der Waals surface area contributed by atoms with Gasteiger partial charge in [-0.05, 0) is 52.9 Å². The van der Waals surface area contributed by atoms with Crippen molar-refractivity contribution in [2.75, 3.05) is 5.32 Å². The van der Waals surface area contributed by atoms with Crippen LogP contribution in [0.3, 0.4) is 0 Å². The maximum absolute atomic E-state index is 12.4. The molecule has 0 bridgehead atoms. The second kappa shape index (κ2) is 6.99. The van der Waals surface area contributed by atoms with Gasteiger partial charge in [0.2, 0.25) is 5.89 Å². The van der Waals surface area contributed by atoms with Crippen LogP contribution in [-0.2, 0) is 6.54 Å². The lowest BCUT2D eigenvalue weighted by Crippen LogP contribution is -2.01. The molecule has 8 heteroatoms. The molecule has 3 aromatic rings. The Hall–Kier alpha value is -2.10. The Bertz CT molecular complexity index is 792. The van der Waals surface area contributed by atoms with E-state index in [-0.39, 0.29) is 5.89 Å². The van der Waals surface area contributed by atoms with Crippen LogP contribution in [0.2, 0.25) is 0 Å². The molecular weight excluding hydrogens is 417 g/mol. The summed E-state index contributed by atoms with van der Waals surface area (Å²) in [6.45, 7) is 0.548. The highest BCUT2D eigenvalue weighted by atomic mass is 127. The summed E-state index contributed by atoms with van der Waals surface area (Å²) in [5.74, 6) is -0.658. The third-order valence-corrected chi connectivity index (χ3v) is 3.67. The zero-order valence-electron chi connectivity index (χ0n) is 11.7. The molecule has 1 aromatic carbocycles. The van der Waals surface area contributed by atoms with Crippen molar-refractivity contribution >= 4 is 28.3 Å². The molecule has 0 aliphatic heterocycles. The smallest absolute Gasteiger partial charge is 0.314 e. The first-order chi connectivity index (χ1) is 11.1. The fourth-order valence-corrected chi connectivity index (χ4v) is 2.43. The lowest BCUT2D eigenvalue weighted by atomic mass is 10.2. The molecule has 0 spiro atoms. The Balaban J connectivity index is 1.67. The van der Waals surface area contributed by atoms with E-state index < -0.39 is 12.3 Å². The Morgan fingerprint density at radius 1 is 1.17 bits per heavy atom. The highest BCUT2D eigenvalue weighted by Crippen LogP contribution is 2.22. The van der Waals surface area contributed by atoms with Crippen LogP contribution in [0.25, 0.3) is 11.5 Å². The molecule has 23 heavy (non-hydrogen) atoms. The van der Waals surface area contributed by atoms with E-state index in [1.54, 1.807) is 12.1 Å². The molecule has 0 saturated carbocycles. The maximum atomic E-state index is 12.4. The molecule has 118 valence electrons. The summed E-state index contributed by atoms with van der Waals surface area (Å²) in [5, 5.41) is 10.1. The van der Waals surface area contributed by atoms with Crippen molar-refractivity contribution in [1.29, 1.82) is 0 Å². The Labute approximate surface area is 144 Å². The van der Waals surface area contributed by atoms with Gasteiger partial charge in [-0.3, -0.25) is 4.98 Å². The monoisotopic (exact) mass is 428 g/mol. The number of nitrogens with one attached hydrogen (secondary N) is 1. The minimum Gasteiger partial charge on any atom is -0.415 e. The summed E-state index contributed by atoms with van der Waals surface area (Å²) >= 11 is 2.24. The Morgan fingerprint density at radius 2 is 2.04 bits per heavy atom. The van der Waals surface area contributed by atoms with Gasteiger partial charge in [-0.15, -0.1) is 10.2 Å². The average molecular weight is 428 g/mol.